The molecule has 1 aromatic heterocycles. The van der Waals surface area contributed by atoms with Crippen LogP contribution in [0.5, 0.6) is 0 Å². The smallest absolute Gasteiger partial charge is 0.242 e. The van der Waals surface area contributed by atoms with Crippen molar-refractivity contribution >= 4 is 15.7 Å². The van der Waals surface area contributed by atoms with Gasteiger partial charge in [0.15, 0.2) is 14.6 Å². The normalized spacial score (nSPS) is 16.4. The van der Waals surface area contributed by atoms with Crippen molar-refractivity contribution in [3.05, 3.63) is 59.4 Å². The van der Waals surface area contributed by atoms with Gasteiger partial charge in [-0.3, -0.25) is 9.78 Å². The second kappa shape index (κ2) is 7.19. The molecule has 0 aliphatic heterocycles. The van der Waals surface area contributed by atoms with Gasteiger partial charge in [0.2, 0.25) is 5.91 Å². The summed E-state index contributed by atoms with van der Waals surface area (Å²) < 4.78 is 25.4. The van der Waals surface area contributed by atoms with Crippen molar-refractivity contribution in [2.45, 2.75) is 55.7 Å². The highest BCUT2D eigenvalue weighted by Crippen LogP contribution is 2.41. The van der Waals surface area contributed by atoms with Crippen molar-refractivity contribution in [1.82, 2.24) is 10.3 Å². The van der Waals surface area contributed by atoms with E-state index in [9.17, 15) is 13.2 Å². The Kier molecular flexibility index (Phi) is 5.14. The number of pyridine rings is 1. The number of aromatic nitrogens is 1. The lowest BCUT2D eigenvalue weighted by Crippen LogP contribution is -2.50. The number of hydrogen-bond acceptors (Lipinski definition) is 4. The van der Waals surface area contributed by atoms with Gasteiger partial charge in [-0.1, -0.05) is 25.0 Å². The Hall–Kier alpha value is -2.21. The summed E-state index contributed by atoms with van der Waals surface area (Å²) in [5.74, 6) is -0.418. The molecule has 0 saturated heterocycles. The van der Waals surface area contributed by atoms with Gasteiger partial charge in [-0.25, -0.2) is 8.42 Å². The molecule has 1 aromatic carbocycles. The molecule has 0 bridgehead atoms. The van der Waals surface area contributed by atoms with E-state index in [4.69, 9.17) is 0 Å². The topological polar surface area (TPSA) is 76.1 Å². The average molecular weight is 372 g/mol. The Morgan fingerprint density at radius 1 is 1.12 bits per heavy atom. The summed E-state index contributed by atoms with van der Waals surface area (Å²) in [7, 11) is -3.78. The molecule has 3 rings (SSSR count). The maximum atomic E-state index is 13.4. The minimum atomic E-state index is -3.78. The van der Waals surface area contributed by atoms with Crippen molar-refractivity contribution < 1.29 is 13.2 Å². The second-order valence-electron chi connectivity index (χ2n) is 6.95. The van der Waals surface area contributed by atoms with Gasteiger partial charge < -0.3 is 5.32 Å². The van der Waals surface area contributed by atoms with Gasteiger partial charge in [0.1, 0.15) is 0 Å². The number of benzene rings is 1. The molecular formula is C20H24N2O3S. The van der Waals surface area contributed by atoms with Crippen LogP contribution in [-0.4, -0.2) is 24.1 Å². The summed E-state index contributed by atoms with van der Waals surface area (Å²) in [4.78, 5) is 17.4. The third-order valence-electron chi connectivity index (χ3n) is 5.28. The molecule has 1 aliphatic carbocycles. The lowest BCUT2D eigenvalue weighted by atomic mass is 10.1. The molecular weight excluding hydrogens is 348 g/mol. The molecule has 1 N–H and O–H groups in total. The predicted molar refractivity (Wildman–Crippen MR) is 100 cm³/mol. The summed E-state index contributed by atoms with van der Waals surface area (Å²) in [5, 5.41) is 2.80. The first-order valence-electron chi connectivity index (χ1n) is 8.87. The van der Waals surface area contributed by atoms with Crippen LogP contribution in [0.4, 0.5) is 0 Å². The van der Waals surface area contributed by atoms with E-state index in [0.29, 0.717) is 18.5 Å². The molecule has 0 spiro atoms. The van der Waals surface area contributed by atoms with E-state index in [0.717, 1.165) is 24.0 Å². The third-order valence-corrected chi connectivity index (χ3v) is 7.78. The Bertz CT molecular complexity index is 902. The highest BCUT2D eigenvalue weighted by atomic mass is 32.2. The summed E-state index contributed by atoms with van der Waals surface area (Å²) in [5.41, 5.74) is 2.65. The number of amides is 1. The maximum Gasteiger partial charge on any atom is 0.242 e. The van der Waals surface area contributed by atoms with Crippen LogP contribution in [0.15, 0.2) is 47.5 Å². The zero-order valence-electron chi connectivity index (χ0n) is 15.2. The van der Waals surface area contributed by atoms with Gasteiger partial charge in [-0.2, -0.15) is 0 Å². The monoisotopic (exact) mass is 372 g/mol. The third kappa shape index (κ3) is 3.26. The van der Waals surface area contributed by atoms with E-state index in [1.54, 1.807) is 36.5 Å². The molecule has 1 saturated carbocycles. The summed E-state index contributed by atoms with van der Waals surface area (Å²) in [6.07, 6.45) is 3.84. The Labute approximate surface area is 154 Å². The summed E-state index contributed by atoms with van der Waals surface area (Å²) in [6.45, 7) is 4.05. The van der Waals surface area contributed by atoms with Crippen molar-refractivity contribution in [1.29, 1.82) is 0 Å². The molecule has 2 aromatic rings. The van der Waals surface area contributed by atoms with Crippen molar-refractivity contribution in [2.75, 3.05) is 0 Å². The Morgan fingerprint density at radius 3 is 2.46 bits per heavy atom. The number of carbonyl (C=O) groups excluding carboxylic acids is 1. The van der Waals surface area contributed by atoms with Crippen LogP contribution in [0.25, 0.3) is 0 Å². The van der Waals surface area contributed by atoms with Crippen LogP contribution in [0.2, 0.25) is 0 Å². The zero-order valence-corrected chi connectivity index (χ0v) is 16.0. The maximum absolute atomic E-state index is 13.4. The zero-order chi connectivity index (χ0) is 18.8. The van der Waals surface area contributed by atoms with E-state index in [1.807, 2.05) is 19.9 Å². The van der Waals surface area contributed by atoms with E-state index in [-0.39, 0.29) is 11.4 Å². The Morgan fingerprint density at radius 2 is 1.85 bits per heavy atom. The summed E-state index contributed by atoms with van der Waals surface area (Å²) >= 11 is 0. The molecule has 1 heterocycles. The van der Waals surface area contributed by atoms with Crippen LogP contribution < -0.4 is 5.32 Å². The van der Waals surface area contributed by atoms with E-state index in [2.05, 4.69) is 10.3 Å². The van der Waals surface area contributed by atoms with Gasteiger partial charge in [-0.15, -0.1) is 0 Å². The fraction of sp³-hybridized carbons (Fsp3) is 0.400. The van der Waals surface area contributed by atoms with Gasteiger partial charge in [0, 0.05) is 6.20 Å². The largest absolute Gasteiger partial charge is 0.349 e. The SMILES string of the molecule is Cc1ccc(S(=O)(=O)C2(C(=O)NCc3ccccn3)CCCC2)cc1C. The molecule has 1 amide bonds. The molecule has 1 aliphatic rings. The molecule has 26 heavy (non-hydrogen) atoms. The molecule has 0 radical (unpaired) electrons. The molecule has 0 atom stereocenters. The van der Waals surface area contributed by atoms with Crippen molar-refractivity contribution in [3.63, 3.8) is 0 Å². The number of aryl methyl sites for hydroxylation is 2. The number of rotatable bonds is 5. The fourth-order valence-corrected chi connectivity index (χ4v) is 5.68. The molecule has 6 heteroatoms. The van der Waals surface area contributed by atoms with Crippen LogP contribution in [0, 0.1) is 13.8 Å². The van der Waals surface area contributed by atoms with Crippen LogP contribution >= 0.6 is 0 Å². The molecule has 1 fully saturated rings. The predicted octanol–water partition coefficient (Wildman–Crippen LogP) is 3.10. The molecule has 138 valence electrons. The average Bonchev–Trinajstić information content (AvgIpc) is 3.14. The van der Waals surface area contributed by atoms with Gasteiger partial charge in [-0.05, 0) is 62.1 Å². The molecule has 5 nitrogen and oxygen atoms in total. The number of hydrogen-bond donors (Lipinski definition) is 1. The number of nitrogens with zero attached hydrogens (tertiary/aromatic N) is 1. The fourth-order valence-electron chi connectivity index (χ4n) is 3.51. The minimum Gasteiger partial charge on any atom is -0.349 e. The van der Waals surface area contributed by atoms with E-state index >= 15 is 0 Å². The highest BCUT2D eigenvalue weighted by Gasteiger charge is 2.52. The van der Waals surface area contributed by atoms with Crippen LogP contribution in [0.3, 0.4) is 0 Å². The lowest BCUT2D eigenvalue weighted by molar-refractivity contribution is -0.123. The van der Waals surface area contributed by atoms with Gasteiger partial charge in [0.25, 0.3) is 0 Å². The quantitative estimate of drug-likeness (QED) is 0.875. The Balaban J connectivity index is 1.91. The summed E-state index contributed by atoms with van der Waals surface area (Å²) in [6, 6.07) is 10.5. The van der Waals surface area contributed by atoms with Crippen molar-refractivity contribution in [3.8, 4) is 0 Å². The standard InChI is InChI=1S/C20H24N2O3S/c1-15-8-9-18(13-16(15)2)26(24,25)20(10-4-5-11-20)19(23)22-14-17-7-3-6-12-21-17/h3,6-9,12-13H,4-5,10-11,14H2,1-2H3,(H,22,23). The number of sulfone groups is 1. The van der Waals surface area contributed by atoms with Gasteiger partial charge in [0.05, 0.1) is 17.1 Å². The number of nitrogens with one attached hydrogen (secondary N) is 1. The minimum absolute atomic E-state index is 0.226. The second-order valence-corrected chi connectivity index (χ2v) is 9.21. The van der Waals surface area contributed by atoms with E-state index in [1.165, 1.54) is 0 Å². The van der Waals surface area contributed by atoms with Crippen LogP contribution in [0.1, 0.15) is 42.5 Å². The van der Waals surface area contributed by atoms with Crippen molar-refractivity contribution in [2.24, 2.45) is 0 Å². The highest BCUT2D eigenvalue weighted by molar-refractivity contribution is 7.93. The number of carbonyl (C=O) groups is 1. The van der Waals surface area contributed by atoms with Crippen LogP contribution in [-0.2, 0) is 21.2 Å². The molecule has 0 unspecified atom stereocenters. The van der Waals surface area contributed by atoms with Gasteiger partial charge >= 0.3 is 0 Å². The first-order valence-corrected chi connectivity index (χ1v) is 10.4. The first kappa shape index (κ1) is 18.6. The van der Waals surface area contributed by atoms with E-state index < -0.39 is 20.5 Å². The lowest BCUT2D eigenvalue weighted by Gasteiger charge is -2.28. The first-order chi connectivity index (χ1) is 12.4.